The minimum Gasteiger partial charge on any atom is -0.349 e. The molecule has 1 N–H and O–H groups in total. The molecule has 6 heteroatoms. The zero-order chi connectivity index (χ0) is 15.6. The van der Waals surface area contributed by atoms with Gasteiger partial charge in [-0.25, -0.2) is 8.42 Å². The van der Waals surface area contributed by atoms with E-state index in [2.05, 4.69) is 12.2 Å². The Balaban J connectivity index is 2.30. The van der Waals surface area contributed by atoms with Crippen molar-refractivity contribution >= 4 is 10.0 Å². The van der Waals surface area contributed by atoms with Crippen molar-refractivity contribution in [1.82, 2.24) is 14.2 Å². The maximum atomic E-state index is 12.8. The number of nitrogens with one attached hydrogen (secondary N) is 1. The molecule has 2 heterocycles. The van der Waals surface area contributed by atoms with E-state index in [1.165, 1.54) is 0 Å². The Morgan fingerprint density at radius 1 is 1.33 bits per heavy atom. The number of hydrogen-bond acceptors (Lipinski definition) is 3. The molecule has 2 unspecified atom stereocenters. The summed E-state index contributed by atoms with van der Waals surface area (Å²) in [5.74, 6) is 0.435. The van der Waals surface area contributed by atoms with E-state index in [0.29, 0.717) is 23.9 Å². The van der Waals surface area contributed by atoms with E-state index in [9.17, 15) is 8.42 Å². The molecule has 0 spiro atoms. The van der Waals surface area contributed by atoms with Gasteiger partial charge in [-0.2, -0.15) is 4.31 Å². The van der Waals surface area contributed by atoms with Crippen LogP contribution in [0.2, 0.25) is 0 Å². The van der Waals surface area contributed by atoms with Gasteiger partial charge >= 0.3 is 0 Å². The van der Waals surface area contributed by atoms with Gasteiger partial charge in [-0.1, -0.05) is 13.8 Å². The fourth-order valence-corrected chi connectivity index (χ4v) is 4.92. The second kappa shape index (κ2) is 6.50. The Morgan fingerprint density at radius 3 is 2.57 bits per heavy atom. The molecule has 0 aliphatic carbocycles. The smallest absolute Gasteiger partial charge is 0.244 e. The summed E-state index contributed by atoms with van der Waals surface area (Å²) in [6.45, 7) is 11.2. The SMILES string of the molecule is CCNCc1cc(S(=O)(=O)N2CC(C)CC2C)cn1CC. The minimum absolute atomic E-state index is 0.0900. The number of rotatable bonds is 6. The van der Waals surface area contributed by atoms with Crippen molar-refractivity contribution < 1.29 is 8.42 Å². The van der Waals surface area contributed by atoms with E-state index < -0.39 is 10.0 Å². The molecule has 0 radical (unpaired) electrons. The monoisotopic (exact) mass is 313 g/mol. The molecule has 2 atom stereocenters. The fourth-order valence-electron chi connectivity index (χ4n) is 3.09. The lowest BCUT2D eigenvalue weighted by molar-refractivity contribution is 0.405. The van der Waals surface area contributed by atoms with Gasteiger partial charge in [-0.3, -0.25) is 0 Å². The van der Waals surface area contributed by atoms with Crippen LogP contribution >= 0.6 is 0 Å². The van der Waals surface area contributed by atoms with E-state index in [-0.39, 0.29) is 6.04 Å². The molecule has 0 bridgehead atoms. The molecule has 21 heavy (non-hydrogen) atoms. The van der Waals surface area contributed by atoms with Crippen molar-refractivity contribution in [1.29, 1.82) is 0 Å². The molecule has 1 fully saturated rings. The first kappa shape index (κ1) is 16.5. The number of sulfonamides is 1. The normalized spacial score (nSPS) is 23.8. The molecular weight excluding hydrogens is 286 g/mol. The molecular formula is C15H27N3O2S. The van der Waals surface area contributed by atoms with E-state index >= 15 is 0 Å². The van der Waals surface area contributed by atoms with E-state index in [1.54, 1.807) is 10.5 Å². The lowest BCUT2D eigenvalue weighted by Gasteiger charge is -2.20. The van der Waals surface area contributed by atoms with Crippen molar-refractivity contribution in [2.45, 2.75) is 58.1 Å². The molecule has 0 amide bonds. The molecule has 1 saturated heterocycles. The molecule has 1 aromatic rings. The number of hydrogen-bond donors (Lipinski definition) is 1. The van der Waals surface area contributed by atoms with Crippen LogP contribution in [0.15, 0.2) is 17.2 Å². The minimum atomic E-state index is -3.37. The summed E-state index contributed by atoms with van der Waals surface area (Å²) in [6, 6.07) is 1.91. The third kappa shape index (κ3) is 3.33. The molecule has 5 nitrogen and oxygen atoms in total. The third-order valence-electron chi connectivity index (χ3n) is 4.19. The maximum absolute atomic E-state index is 12.8. The van der Waals surface area contributed by atoms with Crippen LogP contribution in [-0.2, 0) is 23.1 Å². The van der Waals surface area contributed by atoms with Crippen LogP contribution < -0.4 is 5.32 Å². The van der Waals surface area contributed by atoms with Gasteiger partial charge in [0, 0.05) is 37.6 Å². The van der Waals surface area contributed by atoms with E-state index in [1.807, 2.05) is 31.4 Å². The summed E-state index contributed by atoms with van der Waals surface area (Å²) in [5.41, 5.74) is 1.03. The zero-order valence-corrected chi connectivity index (χ0v) is 14.3. The predicted molar refractivity (Wildman–Crippen MR) is 84.6 cm³/mol. The van der Waals surface area contributed by atoms with Crippen molar-refractivity contribution in [3.63, 3.8) is 0 Å². The summed E-state index contributed by atoms with van der Waals surface area (Å²) in [6.07, 6.45) is 2.72. The van der Waals surface area contributed by atoms with E-state index in [0.717, 1.165) is 25.2 Å². The number of nitrogens with zero attached hydrogens (tertiary/aromatic N) is 2. The highest BCUT2D eigenvalue weighted by atomic mass is 32.2. The largest absolute Gasteiger partial charge is 0.349 e. The van der Waals surface area contributed by atoms with Gasteiger partial charge in [0.15, 0.2) is 0 Å². The van der Waals surface area contributed by atoms with Gasteiger partial charge in [0.05, 0.1) is 0 Å². The number of aryl methyl sites for hydroxylation is 1. The lowest BCUT2D eigenvalue weighted by atomic mass is 10.1. The highest BCUT2D eigenvalue weighted by molar-refractivity contribution is 7.89. The maximum Gasteiger partial charge on any atom is 0.244 e. The van der Waals surface area contributed by atoms with Crippen LogP contribution in [-0.4, -0.2) is 36.4 Å². The summed E-state index contributed by atoms with van der Waals surface area (Å²) in [5, 5.41) is 3.26. The highest BCUT2D eigenvalue weighted by Gasteiger charge is 2.36. The second-order valence-corrected chi connectivity index (χ2v) is 7.89. The van der Waals surface area contributed by atoms with Gasteiger partial charge in [0.25, 0.3) is 0 Å². The first-order chi connectivity index (χ1) is 9.90. The van der Waals surface area contributed by atoms with E-state index in [4.69, 9.17) is 0 Å². The Bertz CT molecular complexity index is 580. The molecule has 2 rings (SSSR count). The number of aromatic nitrogens is 1. The topological polar surface area (TPSA) is 54.3 Å². The average Bonchev–Trinajstić information content (AvgIpc) is 3.00. The van der Waals surface area contributed by atoms with Crippen LogP contribution in [0.25, 0.3) is 0 Å². The van der Waals surface area contributed by atoms with Gasteiger partial charge in [0.1, 0.15) is 4.90 Å². The summed E-state index contributed by atoms with van der Waals surface area (Å²) in [4.78, 5) is 0.429. The molecule has 120 valence electrons. The fraction of sp³-hybridized carbons (Fsp3) is 0.733. The Hall–Kier alpha value is -0.850. The van der Waals surface area contributed by atoms with Crippen LogP contribution in [0.4, 0.5) is 0 Å². The van der Waals surface area contributed by atoms with Gasteiger partial charge in [-0.05, 0) is 38.8 Å². The van der Waals surface area contributed by atoms with Gasteiger partial charge in [-0.15, -0.1) is 0 Å². The molecule has 1 aliphatic rings. The molecule has 0 saturated carbocycles. The zero-order valence-electron chi connectivity index (χ0n) is 13.5. The lowest BCUT2D eigenvalue weighted by Crippen LogP contribution is -2.33. The quantitative estimate of drug-likeness (QED) is 0.874. The summed E-state index contributed by atoms with van der Waals surface area (Å²) < 4.78 is 29.3. The van der Waals surface area contributed by atoms with Crippen LogP contribution in [0, 0.1) is 5.92 Å². The first-order valence-corrected chi connectivity index (χ1v) is 9.25. The van der Waals surface area contributed by atoms with Crippen molar-refractivity contribution in [2.75, 3.05) is 13.1 Å². The van der Waals surface area contributed by atoms with Crippen molar-refractivity contribution in [3.05, 3.63) is 18.0 Å². The standard InChI is InChI=1S/C15H27N3O2S/c1-5-16-9-14-8-15(11-17(14)6-2)21(19,20)18-10-12(3)7-13(18)4/h8,11-13,16H,5-7,9-10H2,1-4H3. The van der Waals surface area contributed by atoms with Crippen molar-refractivity contribution in [3.8, 4) is 0 Å². The summed E-state index contributed by atoms with van der Waals surface area (Å²) in [7, 11) is -3.37. The van der Waals surface area contributed by atoms with Gasteiger partial charge in [0.2, 0.25) is 10.0 Å². The average molecular weight is 313 g/mol. The first-order valence-electron chi connectivity index (χ1n) is 7.81. The Labute approximate surface area is 128 Å². The molecule has 1 aromatic heterocycles. The molecule has 0 aromatic carbocycles. The Kier molecular flexibility index (Phi) is 5.11. The van der Waals surface area contributed by atoms with Gasteiger partial charge < -0.3 is 9.88 Å². The predicted octanol–water partition coefficient (Wildman–Crippen LogP) is 2.04. The van der Waals surface area contributed by atoms with Crippen LogP contribution in [0.1, 0.15) is 39.8 Å². The molecule has 1 aliphatic heterocycles. The van der Waals surface area contributed by atoms with Crippen LogP contribution in [0.5, 0.6) is 0 Å². The van der Waals surface area contributed by atoms with Crippen LogP contribution in [0.3, 0.4) is 0 Å². The third-order valence-corrected chi connectivity index (χ3v) is 6.14. The highest BCUT2D eigenvalue weighted by Crippen LogP contribution is 2.29. The summed E-state index contributed by atoms with van der Waals surface area (Å²) >= 11 is 0. The van der Waals surface area contributed by atoms with Crippen molar-refractivity contribution in [2.24, 2.45) is 5.92 Å². The second-order valence-electron chi connectivity index (χ2n) is 6.00. The Morgan fingerprint density at radius 2 is 2.05 bits per heavy atom.